The maximum atomic E-state index is 14.0. The van der Waals surface area contributed by atoms with Gasteiger partial charge in [0.15, 0.2) is 11.6 Å². The van der Waals surface area contributed by atoms with Crippen molar-refractivity contribution in [3.63, 3.8) is 0 Å². The number of aliphatic carboxylic acids is 1. The summed E-state index contributed by atoms with van der Waals surface area (Å²) in [7, 11) is 0. The standard InChI is InChI=1S/C15H20FNO4/c16-12-9-10(13(17)2-4-15(18)19)1-3-14(12)21-11-5-7-20-8-6-11/h1,3,9,11,13H,2,4-8,17H2,(H,18,19). The molecule has 1 fully saturated rings. The van der Waals surface area contributed by atoms with Crippen molar-refractivity contribution in [2.75, 3.05) is 13.2 Å². The van der Waals surface area contributed by atoms with Crippen molar-refractivity contribution >= 4 is 5.97 Å². The van der Waals surface area contributed by atoms with Crippen LogP contribution in [0.1, 0.15) is 37.3 Å². The summed E-state index contributed by atoms with van der Waals surface area (Å²) in [5, 5.41) is 8.63. The molecule has 1 heterocycles. The minimum absolute atomic E-state index is 0.0280. The number of carbonyl (C=O) groups is 1. The Morgan fingerprint density at radius 3 is 2.81 bits per heavy atom. The van der Waals surface area contributed by atoms with Gasteiger partial charge in [-0.2, -0.15) is 0 Å². The molecular formula is C15H20FNO4. The topological polar surface area (TPSA) is 81.8 Å². The first kappa shape index (κ1) is 15.7. The van der Waals surface area contributed by atoms with E-state index in [1.165, 1.54) is 6.07 Å². The number of rotatable bonds is 6. The molecule has 1 atom stereocenters. The van der Waals surface area contributed by atoms with E-state index in [0.717, 1.165) is 12.8 Å². The van der Waals surface area contributed by atoms with Gasteiger partial charge in [0, 0.05) is 25.3 Å². The number of nitrogens with two attached hydrogens (primary N) is 1. The van der Waals surface area contributed by atoms with Crippen LogP contribution in [0.4, 0.5) is 4.39 Å². The second-order valence-corrected chi connectivity index (χ2v) is 5.16. The van der Waals surface area contributed by atoms with E-state index in [4.69, 9.17) is 20.3 Å². The number of halogens is 1. The first-order chi connectivity index (χ1) is 10.1. The molecule has 6 heteroatoms. The van der Waals surface area contributed by atoms with Crippen molar-refractivity contribution in [3.8, 4) is 5.75 Å². The van der Waals surface area contributed by atoms with Gasteiger partial charge in [0.05, 0.1) is 13.2 Å². The number of hydrogen-bond donors (Lipinski definition) is 2. The van der Waals surface area contributed by atoms with Crippen LogP contribution in [0.3, 0.4) is 0 Å². The smallest absolute Gasteiger partial charge is 0.303 e. The van der Waals surface area contributed by atoms with Gasteiger partial charge in [-0.05, 0) is 24.1 Å². The molecule has 21 heavy (non-hydrogen) atoms. The van der Waals surface area contributed by atoms with Gasteiger partial charge in [-0.3, -0.25) is 4.79 Å². The third-order valence-electron chi connectivity index (χ3n) is 3.52. The van der Waals surface area contributed by atoms with Crippen LogP contribution >= 0.6 is 0 Å². The Morgan fingerprint density at radius 2 is 2.19 bits per heavy atom. The van der Waals surface area contributed by atoms with E-state index in [1.54, 1.807) is 12.1 Å². The highest BCUT2D eigenvalue weighted by atomic mass is 19.1. The third-order valence-corrected chi connectivity index (χ3v) is 3.52. The lowest BCUT2D eigenvalue weighted by Crippen LogP contribution is -2.26. The van der Waals surface area contributed by atoms with Crippen molar-refractivity contribution in [2.24, 2.45) is 5.73 Å². The zero-order valence-corrected chi connectivity index (χ0v) is 11.8. The van der Waals surface area contributed by atoms with Gasteiger partial charge in [-0.25, -0.2) is 4.39 Å². The highest BCUT2D eigenvalue weighted by Crippen LogP contribution is 2.25. The summed E-state index contributed by atoms with van der Waals surface area (Å²) in [5.41, 5.74) is 6.44. The highest BCUT2D eigenvalue weighted by molar-refractivity contribution is 5.66. The molecule has 2 rings (SSSR count). The Hall–Kier alpha value is -1.66. The molecule has 0 aromatic heterocycles. The van der Waals surface area contributed by atoms with Gasteiger partial charge in [0.1, 0.15) is 6.10 Å². The molecule has 1 unspecified atom stereocenters. The third kappa shape index (κ3) is 4.68. The average Bonchev–Trinajstić information content (AvgIpc) is 2.48. The molecule has 0 radical (unpaired) electrons. The fraction of sp³-hybridized carbons (Fsp3) is 0.533. The Balaban J connectivity index is 1.97. The van der Waals surface area contributed by atoms with Crippen LogP contribution in [-0.4, -0.2) is 30.4 Å². The van der Waals surface area contributed by atoms with Gasteiger partial charge in [0.2, 0.25) is 0 Å². The van der Waals surface area contributed by atoms with E-state index in [2.05, 4.69) is 0 Å². The number of benzene rings is 1. The van der Waals surface area contributed by atoms with Crippen LogP contribution < -0.4 is 10.5 Å². The van der Waals surface area contributed by atoms with Crippen LogP contribution in [0.2, 0.25) is 0 Å². The summed E-state index contributed by atoms with van der Waals surface area (Å²) in [6.45, 7) is 1.26. The van der Waals surface area contributed by atoms with Gasteiger partial charge < -0.3 is 20.3 Å². The molecule has 1 aromatic rings. The lowest BCUT2D eigenvalue weighted by Gasteiger charge is -2.23. The van der Waals surface area contributed by atoms with Crippen molar-refractivity contribution < 1.29 is 23.8 Å². The molecule has 1 aliphatic heterocycles. The van der Waals surface area contributed by atoms with E-state index in [0.29, 0.717) is 18.8 Å². The predicted molar refractivity (Wildman–Crippen MR) is 74.7 cm³/mol. The van der Waals surface area contributed by atoms with Crippen LogP contribution in [0.15, 0.2) is 18.2 Å². The number of carboxylic acid groups (broad SMARTS) is 1. The van der Waals surface area contributed by atoms with Crippen LogP contribution in [-0.2, 0) is 9.53 Å². The first-order valence-electron chi connectivity index (χ1n) is 7.07. The molecule has 116 valence electrons. The van der Waals surface area contributed by atoms with Gasteiger partial charge >= 0.3 is 5.97 Å². The van der Waals surface area contributed by atoms with Crippen molar-refractivity contribution in [1.82, 2.24) is 0 Å². The van der Waals surface area contributed by atoms with Crippen molar-refractivity contribution in [3.05, 3.63) is 29.6 Å². The zero-order chi connectivity index (χ0) is 15.2. The molecule has 0 spiro atoms. The summed E-state index contributed by atoms with van der Waals surface area (Å²) in [4.78, 5) is 10.5. The van der Waals surface area contributed by atoms with E-state index < -0.39 is 17.8 Å². The Labute approximate surface area is 122 Å². The largest absolute Gasteiger partial charge is 0.487 e. The summed E-state index contributed by atoms with van der Waals surface area (Å²) < 4.78 is 24.9. The van der Waals surface area contributed by atoms with Crippen molar-refractivity contribution in [1.29, 1.82) is 0 Å². The lowest BCUT2D eigenvalue weighted by molar-refractivity contribution is -0.137. The molecule has 5 nitrogen and oxygen atoms in total. The fourth-order valence-corrected chi connectivity index (χ4v) is 2.26. The lowest BCUT2D eigenvalue weighted by atomic mass is 10.0. The molecule has 0 aliphatic carbocycles. The van der Waals surface area contributed by atoms with Crippen LogP contribution in [0.5, 0.6) is 5.75 Å². The Kier molecular flexibility index (Phi) is 5.52. The summed E-state index contributed by atoms with van der Waals surface area (Å²) in [6.07, 6.45) is 1.70. The van der Waals surface area contributed by atoms with Crippen LogP contribution in [0, 0.1) is 5.82 Å². The van der Waals surface area contributed by atoms with Gasteiger partial charge in [-0.1, -0.05) is 6.07 Å². The first-order valence-corrected chi connectivity index (χ1v) is 7.07. The predicted octanol–water partition coefficient (Wildman–Crippen LogP) is 2.25. The highest BCUT2D eigenvalue weighted by Gasteiger charge is 2.18. The Bertz CT molecular complexity index is 489. The number of hydrogen-bond acceptors (Lipinski definition) is 4. The summed E-state index contributed by atoms with van der Waals surface area (Å²) >= 11 is 0. The normalized spacial score (nSPS) is 17.4. The Morgan fingerprint density at radius 1 is 1.48 bits per heavy atom. The summed E-state index contributed by atoms with van der Waals surface area (Å²) in [6, 6.07) is 4.07. The fourth-order valence-electron chi connectivity index (χ4n) is 2.26. The monoisotopic (exact) mass is 297 g/mol. The van der Waals surface area contributed by atoms with Gasteiger partial charge in [0.25, 0.3) is 0 Å². The van der Waals surface area contributed by atoms with E-state index in [9.17, 15) is 9.18 Å². The van der Waals surface area contributed by atoms with Crippen molar-refractivity contribution in [2.45, 2.75) is 37.8 Å². The van der Waals surface area contributed by atoms with E-state index in [-0.39, 0.29) is 24.7 Å². The molecule has 1 aliphatic rings. The second-order valence-electron chi connectivity index (χ2n) is 5.16. The summed E-state index contributed by atoms with van der Waals surface area (Å²) in [5.74, 6) is -1.17. The number of carboxylic acids is 1. The second kappa shape index (κ2) is 7.38. The molecule has 1 aromatic carbocycles. The molecule has 1 saturated heterocycles. The van der Waals surface area contributed by atoms with E-state index in [1.807, 2.05) is 0 Å². The van der Waals surface area contributed by atoms with Crippen LogP contribution in [0.25, 0.3) is 0 Å². The quantitative estimate of drug-likeness (QED) is 0.841. The zero-order valence-electron chi connectivity index (χ0n) is 11.8. The van der Waals surface area contributed by atoms with E-state index >= 15 is 0 Å². The minimum atomic E-state index is -0.912. The maximum absolute atomic E-state index is 14.0. The molecule has 0 bridgehead atoms. The maximum Gasteiger partial charge on any atom is 0.303 e. The molecule has 0 amide bonds. The minimum Gasteiger partial charge on any atom is -0.487 e. The van der Waals surface area contributed by atoms with Gasteiger partial charge in [-0.15, -0.1) is 0 Å². The molecule has 0 saturated carbocycles. The number of ether oxygens (including phenoxy) is 2. The molecular weight excluding hydrogens is 277 g/mol. The SMILES string of the molecule is NC(CCC(=O)O)c1ccc(OC2CCOCC2)c(F)c1. The average molecular weight is 297 g/mol. The molecule has 3 N–H and O–H groups in total.